The summed E-state index contributed by atoms with van der Waals surface area (Å²) >= 11 is 1.62. The van der Waals surface area contributed by atoms with E-state index in [0.717, 1.165) is 0 Å². The zero-order valence-electron chi connectivity index (χ0n) is 10.9. The second-order valence-electron chi connectivity index (χ2n) is 4.29. The lowest BCUT2D eigenvalue weighted by atomic mass is 10.3. The number of carbonyl (C=O) groups is 1. The van der Waals surface area contributed by atoms with Crippen LogP contribution in [0.25, 0.3) is 0 Å². The molecule has 1 aliphatic heterocycles. The number of thioether (sulfide) groups is 1. The largest absolute Gasteiger partial charge is 0.371 e. The van der Waals surface area contributed by atoms with E-state index in [-0.39, 0.29) is 17.8 Å². The van der Waals surface area contributed by atoms with Crippen LogP contribution in [-0.4, -0.2) is 46.8 Å². The van der Waals surface area contributed by atoms with Gasteiger partial charge in [-0.1, -0.05) is 11.2 Å². The molecule has 1 aromatic heterocycles. The smallest absolute Gasteiger partial charge is 0.328 e. The molecule has 1 saturated heterocycles. The molecule has 2 amide bonds. The molecule has 1 aromatic rings. The number of aromatic nitrogens is 1. The maximum Gasteiger partial charge on any atom is 0.328 e. The van der Waals surface area contributed by atoms with Crippen molar-refractivity contribution in [3.63, 3.8) is 0 Å². The molecule has 0 bridgehead atoms. The molecule has 2 heterocycles. The lowest BCUT2D eigenvalue weighted by molar-refractivity contribution is 0.179. The van der Waals surface area contributed by atoms with Gasteiger partial charge in [0.25, 0.3) is 0 Å². The van der Waals surface area contributed by atoms with Gasteiger partial charge in [-0.25, -0.2) is 9.69 Å². The minimum atomic E-state index is -0.907. The fourth-order valence-corrected chi connectivity index (χ4v) is 2.24. The highest BCUT2D eigenvalue weighted by Crippen LogP contribution is 2.30. The molecular formula is C12H17N3O3S. The van der Waals surface area contributed by atoms with Crippen LogP contribution in [-0.2, 0) is 0 Å². The fraction of sp³-hybridized carbons (Fsp3) is 0.500. The predicted molar refractivity (Wildman–Crippen MR) is 74.1 cm³/mol. The first-order valence-corrected chi connectivity index (χ1v) is 7.23. The van der Waals surface area contributed by atoms with Gasteiger partial charge in [0.1, 0.15) is 0 Å². The second-order valence-corrected chi connectivity index (χ2v) is 5.47. The van der Waals surface area contributed by atoms with Crippen LogP contribution < -0.4 is 4.90 Å². The quantitative estimate of drug-likeness (QED) is 0.835. The minimum absolute atomic E-state index is 0.153. The van der Waals surface area contributed by atoms with Crippen molar-refractivity contribution in [3.05, 3.63) is 24.5 Å². The third-order valence-corrected chi connectivity index (χ3v) is 3.96. The van der Waals surface area contributed by atoms with Crippen LogP contribution in [0.3, 0.4) is 0 Å². The number of aliphatic hydroxyl groups excluding tert-OH is 1. The van der Waals surface area contributed by atoms with E-state index >= 15 is 0 Å². The highest BCUT2D eigenvalue weighted by Gasteiger charge is 2.38. The standard InChI is InChI=1S/C12H17N3O3S/c1-4-5-14-7-11(16)15(12(14)17)10-6-9(18-13-10)8(2)19-3/h4,6,8,11,16H,1,5,7H2,2-3H3. The van der Waals surface area contributed by atoms with E-state index in [1.807, 2.05) is 13.2 Å². The maximum atomic E-state index is 12.1. The Labute approximate surface area is 116 Å². The van der Waals surface area contributed by atoms with E-state index in [4.69, 9.17) is 4.52 Å². The summed E-state index contributed by atoms with van der Waals surface area (Å²) in [5.74, 6) is 1.03. The number of rotatable bonds is 5. The van der Waals surface area contributed by atoms with Crippen molar-refractivity contribution in [3.8, 4) is 0 Å². The zero-order chi connectivity index (χ0) is 14.0. The first kappa shape index (κ1) is 14.0. The summed E-state index contributed by atoms with van der Waals surface area (Å²) in [4.78, 5) is 14.9. The monoisotopic (exact) mass is 283 g/mol. The number of aliphatic hydroxyl groups is 1. The number of amides is 2. The van der Waals surface area contributed by atoms with Crippen LogP contribution in [0.2, 0.25) is 0 Å². The van der Waals surface area contributed by atoms with Crippen molar-refractivity contribution in [2.45, 2.75) is 18.4 Å². The van der Waals surface area contributed by atoms with Gasteiger partial charge < -0.3 is 14.5 Å². The van der Waals surface area contributed by atoms with E-state index in [0.29, 0.717) is 18.1 Å². The van der Waals surface area contributed by atoms with Crippen LogP contribution in [0.1, 0.15) is 17.9 Å². The Hall–Kier alpha value is -1.47. The van der Waals surface area contributed by atoms with Crippen molar-refractivity contribution in [2.75, 3.05) is 24.2 Å². The first-order chi connectivity index (χ1) is 9.08. The molecule has 0 saturated carbocycles. The molecule has 1 aliphatic rings. The Bertz CT molecular complexity index is 477. The molecular weight excluding hydrogens is 266 g/mol. The predicted octanol–water partition coefficient (Wildman–Crippen LogP) is 1.84. The second kappa shape index (κ2) is 5.66. The van der Waals surface area contributed by atoms with Crippen LogP contribution >= 0.6 is 11.8 Å². The molecule has 0 aliphatic carbocycles. The van der Waals surface area contributed by atoms with Gasteiger partial charge in [0.15, 0.2) is 17.8 Å². The van der Waals surface area contributed by atoms with Gasteiger partial charge in [-0.05, 0) is 13.2 Å². The molecule has 0 spiro atoms. The van der Waals surface area contributed by atoms with Gasteiger partial charge >= 0.3 is 6.03 Å². The van der Waals surface area contributed by atoms with E-state index in [9.17, 15) is 9.90 Å². The third-order valence-electron chi connectivity index (χ3n) is 3.02. The minimum Gasteiger partial charge on any atom is -0.371 e. The molecule has 2 atom stereocenters. The molecule has 0 radical (unpaired) electrons. The summed E-state index contributed by atoms with van der Waals surface area (Å²) in [5.41, 5.74) is 0. The van der Waals surface area contributed by atoms with Crippen molar-refractivity contribution >= 4 is 23.6 Å². The number of nitrogens with zero attached hydrogens (tertiary/aromatic N) is 3. The van der Waals surface area contributed by atoms with Crippen LogP contribution in [0.15, 0.2) is 23.2 Å². The molecule has 6 nitrogen and oxygen atoms in total. The molecule has 2 rings (SSSR count). The Morgan fingerprint density at radius 2 is 2.53 bits per heavy atom. The number of β-amino-alcohol motifs (C(OH)–C–C–N with tert-alkyl or cyclic N) is 1. The number of anilines is 1. The van der Waals surface area contributed by atoms with Crippen molar-refractivity contribution < 1.29 is 14.4 Å². The summed E-state index contributed by atoms with van der Waals surface area (Å²) in [6.45, 7) is 6.22. The van der Waals surface area contributed by atoms with Crippen molar-refractivity contribution in [2.24, 2.45) is 0 Å². The molecule has 1 fully saturated rings. The summed E-state index contributed by atoms with van der Waals surface area (Å²) in [6.07, 6.45) is 2.68. The van der Waals surface area contributed by atoms with Crippen LogP contribution in [0.4, 0.5) is 10.6 Å². The SMILES string of the molecule is C=CCN1CC(O)N(c2cc(C(C)SC)on2)C1=O. The molecule has 19 heavy (non-hydrogen) atoms. The Balaban J connectivity index is 2.19. The van der Waals surface area contributed by atoms with Gasteiger partial charge in [-0.3, -0.25) is 0 Å². The normalized spacial score (nSPS) is 21.0. The van der Waals surface area contributed by atoms with Crippen LogP contribution in [0.5, 0.6) is 0 Å². The zero-order valence-corrected chi connectivity index (χ0v) is 11.8. The molecule has 104 valence electrons. The van der Waals surface area contributed by atoms with E-state index in [2.05, 4.69) is 11.7 Å². The average molecular weight is 283 g/mol. The molecule has 2 unspecified atom stereocenters. The number of hydrogen-bond donors (Lipinski definition) is 1. The van der Waals surface area contributed by atoms with Crippen molar-refractivity contribution in [1.29, 1.82) is 0 Å². The summed E-state index contributed by atoms with van der Waals surface area (Å²) in [7, 11) is 0. The summed E-state index contributed by atoms with van der Waals surface area (Å²) < 4.78 is 5.21. The summed E-state index contributed by atoms with van der Waals surface area (Å²) in [5, 5.41) is 14.0. The maximum absolute atomic E-state index is 12.1. The Morgan fingerprint density at radius 1 is 1.79 bits per heavy atom. The third kappa shape index (κ3) is 2.62. The lowest BCUT2D eigenvalue weighted by Gasteiger charge is -2.15. The lowest BCUT2D eigenvalue weighted by Crippen LogP contribution is -2.35. The van der Waals surface area contributed by atoms with Gasteiger partial charge in [-0.2, -0.15) is 11.8 Å². The van der Waals surface area contributed by atoms with E-state index in [1.165, 1.54) is 9.80 Å². The van der Waals surface area contributed by atoms with E-state index in [1.54, 1.807) is 23.9 Å². The van der Waals surface area contributed by atoms with Crippen LogP contribution in [0, 0.1) is 0 Å². The van der Waals surface area contributed by atoms with Gasteiger partial charge in [0.2, 0.25) is 0 Å². The highest BCUT2D eigenvalue weighted by atomic mass is 32.2. The summed E-state index contributed by atoms with van der Waals surface area (Å²) in [6, 6.07) is 1.41. The average Bonchev–Trinajstić information content (AvgIpc) is 2.95. The highest BCUT2D eigenvalue weighted by molar-refractivity contribution is 7.98. The number of carbonyl (C=O) groups excluding carboxylic acids is 1. The van der Waals surface area contributed by atoms with Gasteiger partial charge in [0, 0.05) is 12.6 Å². The van der Waals surface area contributed by atoms with E-state index < -0.39 is 6.23 Å². The fourth-order valence-electron chi connectivity index (χ4n) is 1.90. The molecule has 7 heteroatoms. The van der Waals surface area contributed by atoms with Crippen molar-refractivity contribution in [1.82, 2.24) is 10.1 Å². The topological polar surface area (TPSA) is 69.8 Å². The Kier molecular flexibility index (Phi) is 4.16. The molecule has 0 aromatic carbocycles. The molecule has 1 N–H and O–H groups in total. The first-order valence-electron chi connectivity index (χ1n) is 5.95. The number of urea groups is 1. The van der Waals surface area contributed by atoms with Gasteiger partial charge in [-0.15, -0.1) is 6.58 Å². The number of hydrogen-bond acceptors (Lipinski definition) is 5. The van der Waals surface area contributed by atoms with Gasteiger partial charge in [0.05, 0.1) is 11.8 Å². The Morgan fingerprint density at radius 3 is 3.16 bits per heavy atom.